The molecule has 0 radical (unpaired) electrons. The number of thiol groups is 2. The van der Waals surface area contributed by atoms with E-state index in [0.29, 0.717) is 11.2 Å². The van der Waals surface area contributed by atoms with E-state index in [0.717, 1.165) is 0 Å². The van der Waals surface area contributed by atoms with Gasteiger partial charge in [-0.15, -0.1) is 0 Å². The molecule has 0 saturated carbocycles. The summed E-state index contributed by atoms with van der Waals surface area (Å²) in [5, 5.41) is 11.2. The number of hydrogen-bond acceptors (Lipinski definition) is 17. The van der Waals surface area contributed by atoms with Gasteiger partial charge < -0.3 is 26.0 Å². The van der Waals surface area contributed by atoms with Crippen molar-refractivity contribution in [3.8, 4) is 0 Å². The van der Waals surface area contributed by atoms with E-state index >= 15 is 0 Å². The summed E-state index contributed by atoms with van der Waals surface area (Å²) in [4.78, 5) is 24.9. The first kappa shape index (κ1) is 31.2. The third-order valence-corrected chi connectivity index (χ3v) is 11.2. The first-order chi connectivity index (χ1) is 21.3. The Kier molecular flexibility index (Phi) is 7.69. The van der Waals surface area contributed by atoms with E-state index in [1.54, 1.807) is 18.4 Å². The van der Waals surface area contributed by atoms with Gasteiger partial charge in [0.1, 0.15) is 59.9 Å². The molecule has 3 saturated heterocycles. The highest BCUT2D eigenvalue weighted by Crippen LogP contribution is 2.62. The smallest absolute Gasteiger partial charge is 0.386 e. The molecule has 242 valence electrons. The maximum absolute atomic E-state index is 13.7. The molecular weight excluding hydrogens is 674 g/mol. The number of imidazole rings is 2. The number of nitrogen functional groups attached to an aromatic ring is 2. The monoisotopic (exact) mass is 702 g/mol. The molecule has 5 N–H and O–H groups in total. The van der Waals surface area contributed by atoms with Gasteiger partial charge in [-0.25, -0.2) is 39.0 Å². The molecule has 0 spiro atoms. The number of rotatable bonds is 2. The van der Waals surface area contributed by atoms with Crippen LogP contribution in [-0.2, 0) is 36.7 Å². The molecule has 2 bridgehead atoms. The van der Waals surface area contributed by atoms with E-state index in [9.17, 15) is 14.2 Å². The van der Waals surface area contributed by atoms with Gasteiger partial charge in [-0.05, 0) is 6.92 Å². The second-order valence-corrected chi connectivity index (χ2v) is 16.8. The number of aliphatic hydroxyl groups is 1. The van der Waals surface area contributed by atoms with Crippen LogP contribution in [-0.4, -0.2) is 87.4 Å². The van der Waals surface area contributed by atoms with Gasteiger partial charge in [0.25, 0.3) is 0 Å². The predicted octanol–water partition coefficient (Wildman–Crippen LogP) is 1.91. The Hall–Kier alpha value is -2.42. The van der Waals surface area contributed by atoms with E-state index in [-0.39, 0.29) is 22.8 Å². The summed E-state index contributed by atoms with van der Waals surface area (Å²) >= 11 is 8.42. The molecule has 10 atom stereocenters. The van der Waals surface area contributed by atoms with E-state index in [1.807, 2.05) is 0 Å². The Morgan fingerprint density at radius 1 is 0.911 bits per heavy atom. The molecule has 7 heterocycles. The number of nitrogens with zero attached hydrogens (tertiary/aromatic N) is 8. The second kappa shape index (κ2) is 11.1. The molecule has 3 aliphatic rings. The van der Waals surface area contributed by atoms with Crippen LogP contribution in [0.25, 0.3) is 22.3 Å². The Bertz CT molecular complexity index is 1880. The number of anilines is 2. The Morgan fingerprint density at radius 3 is 2.11 bits per heavy atom. The van der Waals surface area contributed by atoms with Crippen LogP contribution >= 0.6 is 38.1 Å². The highest BCUT2D eigenvalue weighted by Gasteiger charge is 2.57. The van der Waals surface area contributed by atoms with Crippen molar-refractivity contribution >= 4 is 72.1 Å². The predicted molar refractivity (Wildman–Crippen MR) is 162 cm³/mol. The molecule has 45 heavy (non-hydrogen) atoms. The lowest BCUT2D eigenvalue weighted by molar-refractivity contribution is -0.110. The largest absolute Gasteiger partial charge is 0.387 e. The molecule has 3 fully saturated rings. The van der Waals surface area contributed by atoms with E-state index in [2.05, 4.69) is 54.4 Å². The fourth-order valence-electron chi connectivity index (χ4n) is 5.83. The average Bonchev–Trinajstić information content (AvgIpc) is 3.73. The molecular formula is C22H28N10O9P2S2. The van der Waals surface area contributed by atoms with Crippen LogP contribution in [0.5, 0.6) is 0 Å². The molecule has 7 rings (SSSR count). The third kappa shape index (κ3) is 5.42. The first-order valence-corrected chi connectivity index (χ1v) is 18.8. The molecule has 4 aromatic rings. The van der Waals surface area contributed by atoms with Crippen molar-refractivity contribution in [3.63, 3.8) is 0 Å². The number of aromatic nitrogens is 8. The number of nitrogens with two attached hydrogens (primary N) is 2. The van der Waals surface area contributed by atoms with Crippen molar-refractivity contribution < 1.29 is 41.8 Å². The molecule has 0 unspecified atom stereocenters. The molecule has 23 heteroatoms. The Morgan fingerprint density at radius 2 is 1.49 bits per heavy atom. The minimum Gasteiger partial charge on any atom is -0.387 e. The number of aliphatic hydroxyl groups excluding tert-OH is 1. The highest BCUT2D eigenvalue weighted by molar-refractivity contribution is 8.44. The third-order valence-electron chi connectivity index (χ3n) is 7.97. The highest BCUT2D eigenvalue weighted by atomic mass is 32.7. The van der Waals surface area contributed by atoms with E-state index < -0.39 is 75.2 Å². The lowest BCUT2D eigenvalue weighted by Crippen LogP contribution is -2.43. The van der Waals surface area contributed by atoms with Crippen LogP contribution < -0.4 is 11.5 Å². The van der Waals surface area contributed by atoms with Gasteiger partial charge in [-0.1, -0.05) is 31.4 Å². The van der Waals surface area contributed by atoms with Gasteiger partial charge in [-0.3, -0.25) is 27.2 Å². The number of hydrogen-bond donors (Lipinski definition) is 5. The fraction of sp³-hybridized carbons (Fsp3) is 0.545. The fourth-order valence-corrected chi connectivity index (χ4v) is 8.95. The zero-order valence-corrected chi connectivity index (χ0v) is 27.1. The Balaban J connectivity index is 1.23. The van der Waals surface area contributed by atoms with E-state index in [1.165, 1.54) is 29.9 Å². The van der Waals surface area contributed by atoms with Gasteiger partial charge in [0, 0.05) is 5.92 Å². The van der Waals surface area contributed by atoms with Crippen LogP contribution in [0, 0.1) is 5.92 Å². The van der Waals surface area contributed by atoms with Gasteiger partial charge in [0.15, 0.2) is 29.2 Å². The van der Waals surface area contributed by atoms with Gasteiger partial charge in [0.05, 0.1) is 25.9 Å². The molecule has 4 aromatic heterocycles. The zero-order chi connectivity index (χ0) is 31.9. The second-order valence-electron chi connectivity index (χ2n) is 11.0. The minimum absolute atomic E-state index is 0.111. The standard InChI is InChI=1S/C22H28N10O9P2S2/c1-9-15-22(2,39-20(9)31-7-29-11-16(23)25-5-27-18(11)31)4-37-43(35,45)40-14-13(33)10(3-36-42(34,44)41-15)38-21(14)32-8-30-12-17(24)26-6-28-19(12)32/h5-10,13-15,20-21,33H,3-4H2,1-2H3,(H,34,44)(H,35,45)(H2,23,25,27)(H2,24,26,28)/t9-,10-,13-,14-,15+,20-,21-,22-,42-,43+/m1/s1. The van der Waals surface area contributed by atoms with Gasteiger partial charge in [0.2, 0.25) is 0 Å². The van der Waals surface area contributed by atoms with Crippen molar-refractivity contribution in [3.05, 3.63) is 25.3 Å². The van der Waals surface area contributed by atoms with Crippen molar-refractivity contribution in [2.45, 2.75) is 56.3 Å². The molecule has 3 aliphatic heterocycles. The molecule has 0 aliphatic carbocycles. The molecule has 0 aromatic carbocycles. The maximum atomic E-state index is 13.7. The maximum Gasteiger partial charge on any atom is 0.386 e. The molecule has 0 amide bonds. The summed E-state index contributed by atoms with van der Waals surface area (Å²) in [6.45, 7) is -5.92. The van der Waals surface area contributed by atoms with Crippen molar-refractivity contribution in [2.24, 2.45) is 5.92 Å². The summed E-state index contributed by atoms with van der Waals surface area (Å²) in [5.41, 5.74) is 11.7. The summed E-state index contributed by atoms with van der Waals surface area (Å²) in [7, 11) is 0. The SMILES string of the molecule is C[C@H]1[C@H](n2cnc3c(N)ncnc32)O[C@]2(C)CO[P@](=O)(S)O[C@@H]3[C@H](O)[C@@H](CO[P@@](=O)(S)O[C@@H]12)O[C@H]3n1cnc2c(N)ncnc21. The van der Waals surface area contributed by atoms with Crippen LogP contribution in [0.3, 0.4) is 0 Å². The van der Waals surface area contributed by atoms with Crippen LogP contribution in [0.1, 0.15) is 26.3 Å². The minimum atomic E-state index is -4.27. The van der Waals surface area contributed by atoms with Crippen LogP contribution in [0.2, 0.25) is 0 Å². The number of fused-ring (bicyclic) bond motifs is 5. The van der Waals surface area contributed by atoms with Crippen LogP contribution in [0.4, 0.5) is 11.6 Å². The summed E-state index contributed by atoms with van der Waals surface area (Å²) in [6, 6.07) is 0. The molecule has 19 nitrogen and oxygen atoms in total. The Labute approximate surface area is 264 Å². The number of ether oxygens (including phenoxy) is 2. The van der Waals surface area contributed by atoms with Crippen molar-refractivity contribution in [2.75, 3.05) is 24.7 Å². The zero-order valence-electron chi connectivity index (χ0n) is 23.5. The van der Waals surface area contributed by atoms with Gasteiger partial charge >= 0.3 is 13.6 Å². The van der Waals surface area contributed by atoms with Crippen molar-refractivity contribution in [1.29, 1.82) is 0 Å². The van der Waals surface area contributed by atoms with E-state index in [4.69, 9.17) is 39.0 Å². The quantitative estimate of drug-likeness (QED) is 0.148. The normalized spacial score (nSPS) is 39.4. The summed E-state index contributed by atoms with van der Waals surface area (Å²) in [5.74, 6) is -0.260. The summed E-state index contributed by atoms with van der Waals surface area (Å²) in [6.07, 6.45) is -1.58. The average molecular weight is 703 g/mol. The van der Waals surface area contributed by atoms with Crippen molar-refractivity contribution in [1.82, 2.24) is 39.0 Å². The van der Waals surface area contributed by atoms with Crippen LogP contribution in [0.15, 0.2) is 25.3 Å². The lowest BCUT2D eigenvalue weighted by Gasteiger charge is -2.33. The lowest BCUT2D eigenvalue weighted by atomic mass is 9.93. The topological polar surface area (TPSA) is 249 Å². The summed E-state index contributed by atoms with van der Waals surface area (Å²) < 4.78 is 66.1. The van der Waals surface area contributed by atoms with Gasteiger partial charge in [-0.2, -0.15) is 0 Å². The first-order valence-electron chi connectivity index (χ1n) is 13.5.